The summed E-state index contributed by atoms with van der Waals surface area (Å²) in [7, 11) is 0. The van der Waals surface area contributed by atoms with Crippen LogP contribution in [-0.2, 0) is 16.2 Å². The van der Waals surface area contributed by atoms with E-state index in [0.29, 0.717) is 13.2 Å². The molecule has 1 aliphatic rings. The molecule has 0 aliphatic carbocycles. The van der Waals surface area contributed by atoms with Crippen molar-refractivity contribution in [2.45, 2.75) is 19.4 Å². The van der Waals surface area contributed by atoms with Crippen molar-refractivity contribution < 1.29 is 14.7 Å². The molecule has 1 fully saturated rings. The fourth-order valence-corrected chi connectivity index (χ4v) is 2.10. The summed E-state index contributed by atoms with van der Waals surface area (Å²) in [5.41, 5.74) is 1.99. The smallest absolute Gasteiger partial charge is 0.317 e. The molecule has 1 heterocycles. The van der Waals surface area contributed by atoms with Crippen LogP contribution in [0.4, 0.5) is 0 Å². The predicted molar refractivity (Wildman–Crippen MR) is 72.0 cm³/mol. The second-order valence-corrected chi connectivity index (χ2v) is 4.62. The number of aliphatic carboxylic acids is 1. The maximum absolute atomic E-state index is 10.7. The molecule has 1 N–H and O–H groups in total. The summed E-state index contributed by atoms with van der Waals surface area (Å²) in [4.78, 5) is 17.9. The molecule has 5 nitrogen and oxygen atoms in total. The molecule has 102 valence electrons. The standard InChI is InChI=1S/C14H18N2O3/c17-14(18)10-16-8-4-7-13(9-16)15-19-11-12-5-2-1-3-6-12/h1-3,5-6H,4,7-11H2,(H,17,18)/b15-13+. The zero-order chi connectivity index (χ0) is 13.5. The van der Waals surface area contributed by atoms with Gasteiger partial charge in [-0.2, -0.15) is 0 Å². The Bertz CT molecular complexity index is 445. The molecule has 0 atom stereocenters. The van der Waals surface area contributed by atoms with Crippen molar-refractivity contribution in [3.63, 3.8) is 0 Å². The molecule has 0 spiro atoms. The van der Waals surface area contributed by atoms with Gasteiger partial charge in [-0.05, 0) is 24.9 Å². The Balaban J connectivity index is 1.80. The van der Waals surface area contributed by atoms with Crippen LogP contribution in [-0.4, -0.2) is 41.3 Å². The Morgan fingerprint density at radius 1 is 1.37 bits per heavy atom. The first-order chi connectivity index (χ1) is 9.24. The second-order valence-electron chi connectivity index (χ2n) is 4.62. The van der Waals surface area contributed by atoms with Gasteiger partial charge < -0.3 is 9.94 Å². The summed E-state index contributed by atoms with van der Waals surface area (Å²) in [6.07, 6.45) is 1.81. The number of carboxylic acid groups (broad SMARTS) is 1. The zero-order valence-electron chi connectivity index (χ0n) is 10.8. The highest BCUT2D eigenvalue weighted by molar-refractivity contribution is 5.87. The normalized spacial score (nSPS) is 18.4. The monoisotopic (exact) mass is 262 g/mol. The maximum atomic E-state index is 10.7. The van der Waals surface area contributed by atoms with Gasteiger partial charge >= 0.3 is 5.97 Å². The number of piperidine rings is 1. The molecule has 19 heavy (non-hydrogen) atoms. The Morgan fingerprint density at radius 2 is 2.16 bits per heavy atom. The molecule has 1 saturated heterocycles. The van der Waals surface area contributed by atoms with E-state index in [1.165, 1.54) is 0 Å². The third kappa shape index (κ3) is 4.71. The Morgan fingerprint density at radius 3 is 2.89 bits per heavy atom. The molecule has 2 rings (SSSR count). The minimum Gasteiger partial charge on any atom is -0.480 e. The van der Waals surface area contributed by atoms with Crippen LogP contribution in [0.25, 0.3) is 0 Å². The summed E-state index contributed by atoms with van der Waals surface area (Å²) < 4.78 is 0. The minimum absolute atomic E-state index is 0.0672. The molecule has 5 heteroatoms. The molecule has 1 aromatic carbocycles. The van der Waals surface area contributed by atoms with Gasteiger partial charge in [-0.3, -0.25) is 9.69 Å². The van der Waals surface area contributed by atoms with Gasteiger partial charge in [0.1, 0.15) is 6.61 Å². The van der Waals surface area contributed by atoms with Crippen molar-refractivity contribution in [1.82, 2.24) is 4.90 Å². The summed E-state index contributed by atoms with van der Waals surface area (Å²) in [5, 5.41) is 12.9. The van der Waals surface area contributed by atoms with E-state index in [4.69, 9.17) is 9.94 Å². The number of benzene rings is 1. The molecule has 0 saturated carbocycles. The molecular weight excluding hydrogens is 244 g/mol. The van der Waals surface area contributed by atoms with Crippen LogP contribution in [0.15, 0.2) is 35.5 Å². The van der Waals surface area contributed by atoms with Crippen LogP contribution in [0.1, 0.15) is 18.4 Å². The Labute approximate surface area is 112 Å². The molecular formula is C14H18N2O3. The molecule has 0 unspecified atom stereocenters. The van der Waals surface area contributed by atoms with Crippen molar-refractivity contribution in [3.8, 4) is 0 Å². The van der Waals surface area contributed by atoms with Gasteiger partial charge in [0.25, 0.3) is 0 Å². The second kappa shape index (κ2) is 6.89. The van der Waals surface area contributed by atoms with E-state index in [1.54, 1.807) is 0 Å². The number of hydrogen-bond acceptors (Lipinski definition) is 4. The highest BCUT2D eigenvalue weighted by Gasteiger charge is 2.17. The fraction of sp³-hybridized carbons (Fsp3) is 0.429. The summed E-state index contributed by atoms with van der Waals surface area (Å²) in [5.74, 6) is -0.800. The van der Waals surface area contributed by atoms with Gasteiger partial charge in [-0.15, -0.1) is 0 Å². The molecule has 0 bridgehead atoms. The van der Waals surface area contributed by atoms with Gasteiger partial charge in [-0.25, -0.2) is 0 Å². The SMILES string of the molecule is O=C(O)CN1CCC/C(=N\OCc2ccccc2)C1. The number of carboxylic acids is 1. The third-order valence-electron chi connectivity index (χ3n) is 2.97. The van der Waals surface area contributed by atoms with Gasteiger partial charge in [0.2, 0.25) is 0 Å². The van der Waals surface area contributed by atoms with E-state index in [1.807, 2.05) is 35.2 Å². The van der Waals surface area contributed by atoms with E-state index in [-0.39, 0.29) is 6.54 Å². The average molecular weight is 262 g/mol. The summed E-state index contributed by atoms with van der Waals surface area (Å²) in [6.45, 7) is 1.91. The van der Waals surface area contributed by atoms with Crippen LogP contribution in [0, 0.1) is 0 Å². The minimum atomic E-state index is -0.800. The van der Waals surface area contributed by atoms with Gasteiger partial charge in [0.05, 0.1) is 12.3 Å². The van der Waals surface area contributed by atoms with Gasteiger partial charge in [0.15, 0.2) is 0 Å². The lowest BCUT2D eigenvalue weighted by Crippen LogP contribution is -2.39. The molecule has 1 aliphatic heterocycles. The quantitative estimate of drug-likeness (QED) is 0.821. The van der Waals surface area contributed by atoms with Gasteiger partial charge in [-0.1, -0.05) is 35.5 Å². The van der Waals surface area contributed by atoms with E-state index < -0.39 is 5.97 Å². The number of rotatable bonds is 5. The third-order valence-corrected chi connectivity index (χ3v) is 2.97. The molecule has 0 radical (unpaired) electrons. The van der Waals surface area contributed by atoms with Crippen molar-refractivity contribution in [1.29, 1.82) is 0 Å². The lowest BCUT2D eigenvalue weighted by Gasteiger charge is -2.25. The van der Waals surface area contributed by atoms with Crippen LogP contribution in [0.5, 0.6) is 0 Å². The largest absolute Gasteiger partial charge is 0.480 e. The van der Waals surface area contributed by atoms with E-state index >= 15 is 0 Å². The summed E-state index contributed by atoms with van der Waals surface area (Å²) >= 11 is 0. The number of hydrogen-bond donors (Lipinski definition) is 1. The lowest BCUT2D eigenvalue weighted by atomic mass is 10.1. The molecule has 0 amide bonds. The van der Waals surface area contributed by atoms with E-state index in [0.717, 1.165) is 30.7 Å². The highest BCUT2D eigenvalue weighted by atomic mass is 16.6. The predicted octanol–water partition coefficient (Wildman–Crippen LogP) is 1.74. The first-order valence-electron chi connectivity index (χ1n) is 6.40. The number of carbonyl (C=O) groups is 1. The van der Waals surface area contributed by atoms with Crippen LogP contribution in [0.2, 0.25) is 0 Å². The maximum Gasteiger partial charge on any atom is 0.317 e. The number of oxime groups is 1. The van der Waals surface area contributed by atoms with E-state index in [9.17, 15) is 4.79 Å². The first kappa shape index (κ1) is 13.5. The zero-order valence-corrected chi connectivity index (χ0v) is 10.8. The van der Waals surface area contributed by atoms with E-state index in [2.05, 4.69) is 5.16 Å². The lowest BCUT2D eigenvalue weighted by molar-refractivity contribution is -0.138. The van der Waals surface area contributed by atoms with Crippen molar-refractivity contribution in [2.75, 3.05) is 19.6 Å². The topological polar surface area (TPSA) is 62.1 Å². The van der Waals surface area contributed by atoms with Gasteiger partial charge in [0, 0.05) is 6.54 Å². The van der Waals surface area contributed by atoms with Crippen molar-refractivity contribution in [2.24, 2.45) is 5.16 Å². The Kier molecular flexibility index (Phi) is 4.92. The molecule has 0 aromatic heterocycles. The highest BCUT2D eigenvalue weighted by Crippen LogP contribution is 2.08. The summed E-state index contributed by atoms with van der Waals surface area (Å²) in [6, 6.07) is 9.85. The van der Waals surface area contributed by atoms with Crippen molar-refractivity contribution in [3.05, 3.63) is 35.9 Å². The van der Waals surface area contributed by atoms with Crippen molar-refractivity contribution >= 4 is 11.7 Å². The van der Waals surface area contributed by atoms with Crippen LogP contribution < -0.4 is 0 Å². The number of nitrogens with zero attached hydrogens (tertiary/aromatic N) is 2. The van der Waals surface area contributed by atoms with Crippen LogP contribution >= 0.6 is 0 Å². The fourth-order valence-electron chi connectivity index (χ4n) is 2.10. The van der Waals surface area contributed by atoms with Crippen LogP contribution in [0.3, 0.4) is 0 Å². The first-order valence-corrected chi connectivity index (χ1v) is 6.40. The molecule has 1 aromatic rings. The average Bonchev–Trinajstić information content (AvgIpc) is 2.40. The number of likely N-dealkylation sites (tertiary alicyclic amines) is 1. The Hall–Kier alpha value is -1.88.